The summed E-state index contributed by atoms with van der Waals surface area (Å²) in [6.07, 6.45) is -0.470. The Balaban J connectivity index is 2.40. The van der Waals surface area contributed by atoms with Crippen molar-refractivity contribution in [2.24, 2.45) is 0 Å². The molecule has 0 bridgehead atoms. The van der Waals surface area contributed by atoms with Gasteiger partial charge in [0.1, 0.15) is 0 Å². The first-order chi connectivity index (χ1) is 14.0. The zero-order chi connectivity index (χ0) is 23.7. The molecule has 0 atom stereocenters. The summed E-state index contributed by atoms with van der Waals surface area (Å²) in [5, 5.41) is 0. The molecular formula is C26H35Cl3N2. The highest BCUT2D eigenvalue weighted by Gasteiger charge is 2.63. The van der Waals surface area contributed by atoms with Crippen molar-refractivity contribution in [3.63, 3.8) is 0 Å². The Hall–Kier alpha value is -1.09. The van der Waals surface area contributed by atoms with Crippen molar-refractivity contribution in [3.8, 4) is 0 Å². The van der Waals surface area contributed by atoms with Crippen molar-refractivity contribution in [1.29, 1.82) is 0 Å². The molecule has 0 amide bonds. The van der Waals surface area contributed by atoms with Gasteiger partial charge >= 0.3 is 0 Å². The van der Waals surface area contributed by atoms with Crippen LogP contribution in [0, 0.1) is 41.5 Å². The number of anilines is 2. The van der Waals surface area contributed by atoms with Gasteiger partial charge in [-0.25, -0.2) is 0 Å². The van der Waals surface area contributed by atoms with E-state index in [4.69, 9.17) is 34.8 Å². The van der Waals surface area contributed by atoms with E-state index >= 15 is 0 Å². The van der Waals surface area contributed by atoms with Gasteiger partial charge in [0.25, 0.3) is 0 Å². The van der Waals surface area contributed by atoms with Gasteiger partial charge in [0.05, 0.1) is 11.1 Å². The van der Waals surface area contributed by atoms with Crippen LogP contribution in [0.4, 0.5) is 11.4 Å². The number of nitrogens with zero attached hydrogens (tertiary/aromatic N) is 2. The van der Waals surface area contributed by atoms with E-state index in [2.05, 4.69) is 103 Å². The molecule has 0 saturated carbocycles. The fourth-order valence-corrected chi connectivity index (χ4v) is 6.10. The summed E-state index contributed by atoms with van der Waals surface area (Å²) in [4.78, 5) is 4.70. The smallest absolute Gasteiger partial charge is 0.228 e. The molecule has 170 valence electrons. The highest BCUT2D eigenvalue weighted by atomic mass is 35.6. The van der Waals surface area contributed by atoms with Crippen molar-refractivity contribution in [1.82, 2.24) is 0 Å². The summed E-state index contributed by atoms with van der Waals surface area (Å²) < 4.78 is -1.53. The van der Waals surface area contributed by atoms with Crippen LogP contribution in [0.1, 0.15) is 61.1 Å². The van der Waals surface area contributed by atoms with E-state index in [0.717, 1.165) is 11.4 Å². The van der Waals surface area contributed by atoms with E-state index in [-0.39, 0.29) is 11.1 Å². The van der Waals surface area contributed by atoms with Gasteiger partial charge in [-0.2, -0.15) is 0 Å². The molecule has 0 aromatic heterocycles. The summed E-state index contributed by atoms with van der Waals surface area (Å²) in [5.74, 6) is 0. The first-order valence-corrected chi connectivity index (χ1v) is 12.0. The molecule has 31 heavy (non-hydrogen) atoms. The van der Waals surface area contributed by atoms with Crippen molar-refractivity contribution >= 4 is 46.2 Å². The Labute approximate surface area is 203 Å². The van der Waals surface area contributed by atoms with Crippen molar-refractivity contribution in [3.05, 3.63) is 57.6 Å². The molecule has 3 rings (SSSR count). The summed E-state index contributed by atoms with van der Waals surface area (Å²) in [7, 11) is 0. The molecule has 2 aromatic carbocycles. The third kappa shape index (κ3) is 3.83. The van der Waals surface area contributed by atoms with Crippen LogP contribution >= 0.6 is 34.8 Å². The predicted molar refractivity (Wildman–Crippen MR) is 138 cm³/mol. The lowest BCUT2D eigenvalue weighted by molar-refractivity contribution is 0.344. The summed E-state index contributed by atoms with van der Waals surface area (Å²) in [5.41, 5.74) is 8.89. The minimum Gasteiger partial charge on any atom is -0.340 e. The minimum absolute atomic E-state index is 0.323. The Morgan fingerprint density at radius 2 is 0.871 bits per heavy atom. The van der Waals surface area contributed by atoms with Crippen LogP contribution in [-0.4, -0.2) is 21.0 Å². The molecule has 2 nitrogen and oxygen atoms in total. The second-order valence-corrected chi connectivity index (χ2v) is 12.6. The summed E-state index contributed by atoms with van der Waals surface area (Å²) in [6, 6.07) is 8.86. The third-order valence-electron chi connectivity index (χ3n) is 7.24. The molecule has 1 aliphatic heterocycles. The van der Waals surface area contributed by atoms with Crippen LogP contribution in [-0.2, 0) is 0 Å². The fraction of sp³-hybridized carbons (Fsp3) is 0.538. The number of hydrogen-bond donors (Lipinski definition) is 0. The van der Waals surface area contributed by atoms with Crippen molar-refractivity contribution in [2.75, 3.05) is 9.80 Å². The largest absolute Gasteiger partial charge is 0.340 e. The summed E-state index contributed by atoms with van der Waals surface area (Å²) in [6.45, 7) is 21.9. The van der Waals surface area contributed by atoms with Crippen LogP contribution in [0.3, 0.4) is 0 Å². The number of benzene rings is 2. The number of alkyl halides is 3. The van der Waals surface area contributed by atoms with Gasteiger partial charge in [-0.15, -0.1) is 0 Å². The second kappa shape index (κ2) is 7.75. The van der Waals surface area contributed by atoms with Crippen LogP contribution in [0.2, 0.25) is 0 Å². The number of hydrogen-bond acceptors (Lipinski definition) is 2. The van der Waals surface area contributed by atoms with Gasteiger partial charge in [0, 0.05) is 11.4 Å². The number of rotatable bonds is 2. The number of aryl methyl sites for hydroxylation is 6. The van der Waals surface area contributed by atoms with Gasteiger partial charge in [-0.05, 0) is 91.5 Å². The molecule has 0 N–H and O–H groups in total. The lowest BCUT2D eigenvalue weighted by atomic mass is 9.81. The molecule has 1 heterocycles. The van der Waals surface area contributed by atoms with Crippen LogP contribution < -0.4 is 9.80 Å². The Kier molecular flexibility index (Phi) is 6.14. The van der Waals surface area contributed by atoms with Crippen LogP contribution in [0.5, 0.6) is 0 Å². The molecule has 1 fully saturated rings. The average molecular weight is 482 g/mol. The first-order valence-electron chi connectivity index (χ1n) is 10.8. The normalized spacial score (nSPS) is 18.7. The minimum atomic E-state index is -1.53. The molecular weight excluding hydrogens is 447 g/mol. The zero-order valence-corrected chi connectivity index (χ0v) is 22.7. The Morgan fingerprint density at radius 3 is 1.10 bits per heavy atom. The topological polar surface area (TPSA) is 6.48 Å². The van der Waals surface area contributed by atoms with E-state index in [0.29, 0.717) is 0 Å². The Bertz CT molecular complexity index is 896. The van der Waals surface area contributed by atoms with Gasteiger partial charge < -0.3 is 9.80 Å². The molecule has 0 radical (unpaired) electrons. The van der Waals surface area contributed by atoms with E-state index in [1.54, 1.807) is 0 Å². The quantitative estimate of drug-likeness (QED) is 0.399. The third-order valence-corrected chi connectivity index (χ3v) is 7.82. The van der Waals surface area contributed by atoms with E-state index < -0.39 is 9.96 Å². The van der Waals surface area contributed by atoms with E-state index in [1.165, 1.54) is 33.4 Å². The van der Waals surface area contributed by atoms with Gasteiger partial charge in [-0.3, -0.25) is 0 Å². The van der Waals surface area contributed by atoms with Crippen molar-refractivity contribution < 1.29 is 0 Å². The first kappa shape index (κ1) is 24.6. The standard InChI is InChI=1S/C26H35Cl3N2/c1-15-11-17(3)21(18(4)12-15)30-23(26(27,28)29)31(25(9,10)24(30,7)8)22-19(5)13-16(2)14-20(22)6/h11-14,23H,1-10H3. The Morgan fingerprint density at radius 1 is 0.613 bits per heavy atom. The highest BCUT2D eigenvalue weighted by molar-refractivity contribution is 6.68. The molecule has 1 aliphatic rings. The monoisotopic (exact) mass is 480 g/mol. The molecule has 2 aromatic rings. The maximum atomic E-state index is 6.80. The van der Waals surface area contributed by atoms with Gasteiger partial charge in [0.2, 0.25) is 3.79 Å². The highest BCUT2D eigenvalue weighted by Crippen LogP contribution is 2.56. The summed E-state index contributed by atoms with van der Waals surface area (Å²) >= 11 is 20.4. The fourth-order valence-electron chi connectivity index (χ4n) is 5.52. The van der Waals surface area contributed by atoms with Crippen LogP contribution in [0.15, 0.2) is 24.3 Å². The molecule has 5 heteroatoms. The lowest BCUT2D eigenvalue weighted by Gasteiger charge is -2.44. The predicted octanol–water partition coefficient (Wildman–Crippen LogP) is 8.12. The van der Waals surface area contributed by atoms with Gasteiger partial charge in [0.15, 0.2) is 6.17 Å². The molecule has 0 unspecified atom stereocenters. The zero-order valence-electron chi connectivity index (χ0n) is 20.4. The second-order valence-electron chi connectivity index (χ2n) is 10.3. The maximum Gasteiger partial charge on any atom is 0.228 e. The number of halogens is 3. The maximum absolute atomic E-state index is 6.80. The molecule has 0 aliphatic carbocycles. The van der Waals surface area contributed by atoms with E-state index in [9.17, 15) is 0 Å². The molecule has 0 spiro atoms. The van der Waals surface area contributed by atoms with Gasteiger partial charge in [-0.1, -0.05) is 70.2 Å². The van der Waals surface area contributed by atoms with Crippen molar-refractivity contribution in [2.45, 2.75) is 90.3 Å². The van der Waals surface area contributed by atoms with E-state index in [1.807, 2.05) is 0 Å². The molecule has 1 saturated heterocycles. The average Bonchev–Trinajstić information content (AvgIpc) is 2.70. The van der Waals surface area contributed by atoms with Crippen LogP contribution in [0.25, 0.3) is 0 Å². The SMILES string of the molecule is Cc1cc(C)c(N2C(C(Cl)(Cl)Cl)N(c3c(C)cc(C)cc3C)C(C)(C)C2(C)C)c(C)c1. The lowest BCUT2D eigenvalue weighted by Crippen LogP contribution is -2.54.